The lowest BCUT2D eigenvalue weighted by Crippen LogP contribution is -2.22. The molecule has 0 amide bonds. The van der Waals surface area contributed by atoms with Gasteiger partial charge in [-0.2, -0.15) is 0 Å². The van der Waals surface area contributed by atoms with Gasteiger partial charge in [-0.15, -0.1) is 11.3 Å². The number of anilines is 1. The van der Waals surface area contributed by atoms with Crippen LogP contribution in [0.15, 0.2) is 35.8 Å². The number of ether oxygens (including phenoxy) is 1. The second kappa shape index (κ2) is 6.17. The molecule has 1 aromatic carbocycles. The quantitative estimate of drug-likeness (QED) is 0.924. The van der Waals surface area contributed by atoms with Crippen LogP contribution in [0.5, 0.6) is 0 Å². The topological polar surface area (TPSA) is 34.1 Å². The minimum atomic E-state index is 0.734. The summed E-state index contributed by atoms with van der Waals surface area (Å²) in [7, 11) is 0. The Bertz CT molecular complexity index is 507. The molecule has 2 aromatic rings. The van der Waals surface area contributed by atoms with Crippen LogP contribution < -0.4 is 5.32 Å². The van der Waals surface area contributed by atoms with Gasteiger partial charge < -0.3 is 10.1 Å². The molecule has 0 atom stereocenters. The molecule has 1 fully saturated rings. The average molecular weight is 274 g/mol. The Balaban J connectivity index is 1.63. The van der Waals surface area contributed by atoms with E-state index < -0.39 is 0 Å². The predicted molar refractivity (Wildman–Crippen MR) is 79.6 cm³/mol. The Kier molecular flexibility index (Phi) is 4.10. The number of thiazole rings is 1. The maximum absolute atomic E-state index is 5.39. The summed E-state index contributed by atoms with van der Waals surface area (Å²) in [6, 6.07) is 8.50. The van der Waals surface area contributed by atoms with Crippen LogP contribution in [0.1, 0.15) is 12.8 Å². The van der Waals surface area contributed by atoms with Crippen molar-refractivity contribution in [2.75, 3.05) is 25.1 Å². The molecule has 0 unspecified atom stereocenters. The molecule has 4 heteroatoms. The van der Waals surface area contributed by atoms with Gasteiger partial charge in [0.05, 0.1) is 0 Å². The monoisotopic (exact) mass is 274 g/mol. The van der Waals surface area contributed by atoms with Crippen LogP contribution in [-0.2, 0) is 4.74 Å². The number of aromatic nitrogens is 1. The maximum Gasteiger partial charge on any atom is 0.123 e. The third-order valence-electron chi connectivity index (χ3n) is 3.48. The third-order valence-corrected chi connectivity index (χ3v) is 4.30. The van der Waals surface area contributed by atoms with Crippen LogP contribution >= 0.6 is 11.3 Å². The van der Waals surface area contributed by atoms with Crippen molar-refractivity contribution in [1.29, 1.82) is 0 Å². The van der Waals surface area contributed by atoms with E-state index in [0.717, 1.165) is 30.7 Å². The van der Waals surface area contributed by atoms with E-state index in [-0.39, 0.29) is 0 Å². The first kappa shape index (κ1) is 12.6. The molecule has 3 rings (SSSR count). The van der Waals surface area contributed by atoms with Crippen molar-refractivity contribution < 1.29 is 4.74 Å². The van der Waals surface area contributed by atoms with Gasteiger partial charge in [0.25, 0.3) is 0 Å². The Labute approximate surface area is 117 Å². The largest absolute Gasteiger partial charge is 0.385 e. The first-order chi connectivity index (χ1) is 9.42. The van der Waals surface area contributed by atoms with Gasteiger partial charge in [0.1, 0.15) is 5.01 Å². The van der Waals surface area contributed by atoms with Crippen molar-refractivity contribution in [3.63, 3.8) is 0 Å². The Morgan fingerprint density at radius 2 is 2.21 bits per heavy atom. The molecule has 1 saturated heterocycles. The molecule has 3 nitrogen and oxygen atoms in total. The fourth-order valence-electron chi connectivity index (χ4n) is 2.34. The average Bonchev–Trinajstić information content (AvgIpc) is 3.01. The molecule has 0 aliphatic carbocycles. The van der Waals surface area contributed by atoms with E-state index in [4.69, 9.17) is 4.74 Å². The fourth-order valence-corrected chi connectivity index (χ4v) is 2.98. The molecule has 0 spiro atoms. The van der Waals surface area contributed by atoms with Crippen molar-refractivity contribution in [2.24, 2.45) is 5.92 Å². The van der Waals surface area contributed by atoms with Crippen molar-refractivity contribution in [2.45, 2.75) is 12.8 Å². The highest BCUT2D eigenvalue weighted by Crippen LogP contribution is 2.25. The zero-order valence-corrected chi connectivity index (χ0v) is 11.7. The first-order valence-corrected chi connectivity index (χ1v) is 7.61. The Hall–Kier alpha value is -1.39. The van der Waals surface area contributed by atoms with Gasteiger partial charge in [0.2, 0.25) is 0 Å². The highest BCUT2D eigenvalue weighted by molar-refractivity contribution is 7.13. The van der Waals surface area contributed by atoms with E-state index in [0.29, 0.717) is 0 Å². The summed E-state index contributed by atoms with van der Waals surface area (Å²) >= 11 is 1.68. The minimum Gasteiger partial charge on any atom is -0.385 e. The van der Waals surface area contributed by atoms with Gasteiger partial charge in [-0.05, 0) is 30.9 Å². The van der Waals surface area contributed by atoms with Crippen molar-refractivity contribution in [3.05, 3.63) is 35.8 Å². The molecule has 19 heavy (non-hydrogen) atoms. The van der Waals surface area contributed by atoms with Crippen LogP contribution in [0, 0.1) is 5.92 Å². The highest BCUT2D eigenvalue weighted by Gasteiger charge is 2.13. The first-order valence-electron chi connectivity index (χ1n) is 6.73. The maximum atomic E-state index is 5.39. The summed E-state index contributed by atoms with van der Waals surface area (Å²) in [4.78, 5) is 4.35. The van der Waals surface area contributed by atoms with Crippen molar-refractivity contribution in [1.82, 2.24) is 4.98 Å². The lowest BCUT2D eigenvalue weighted by Gasteiger charge is -2.22. The fraction of sp³-hybridized carbons (Fsp3) is 0.400. The van der Waals surface area contributed by atoms with Gasteiger partial charge in [-0.25, -0.2) is 4.98 Å². The summed E-state index contributed by atoms with van der Waals surface area (Å²) < 4.78 is 5.39. The van der Waals surface area contributed by atoms with Crippen LogP contribution in [0.3, 0.4) is 0 Å². The van der Waals surface area contributed by atoms with Gasteiger partial charge in [-0.3, -0.25) is 0 Å². The number of benzene rings is 1. The minimum absolute atomic E-state index is 0.734. The molecule has 1 aliphatic heterocycles. The molecule has 1 aromatic heterocycles. The third kappa shape index (κ3) is 3.33. The molecule has 0 radical (unpaired) electrons. The SMILES string of the molecule is c1cc(NCC2CCOCC2)cc(-c2nccs2)c1. The summed E-state index contributed by atoms with van der Waals surface area (Å²) in [6.07, 6.45) is 4.18. The lowest BCUT2D eigenvalue weighted by molar-refractivity contribution is 0.0699. The summed E-state index contributed by atoms with van der Waals surface area (Å²) in [5.74, 6) is 0.734. The highest BCUT2D eigenvalue weighted by atomic mass is 32.1. The predicted octanol–water partition coefficient (Wildman–Crippen LogP) is 3.65. The van der Waals surface area contributed by atoms with Crippen LogP contribution in [-0.4, -0.2) is 24.7 Å². The van der Waals surface area contributed by atoms with Crippen molar-refractivity contribution >= 4 is 17.0 Å². The summed E-state index contributed by atoms with van der Waals surface area (Å²) in [6.45, 7) is 2.85. The van der Waals surface area contributed by atoms with E-state index in [1.807, 2.05) is 11.6 Å². The van der Waals surface area contributed by atoms with Gasteiger partial charge >= 0.3 is 0 Å². The number of hydrogen-bond donors (Lipinski definition) is 1. The number of nitrogens with zero attached hydrogens (tertiary/aromatic N) is 1. The van der Waals surface area contributed by atoms with Crippen LogP contribution in [0.25, 0.3) is 10.6 Å². The number of nitrogens with one attached hydrogen (secondary N) is 1. The van der Waals surface area contributed by atoms with E-state index in [2.05, 4.69) is 34.6 Å². The molecule has 100 valence electrons. The lowest BCUT2D eigenvalue weighted by atomic mass is 10.0. The zero-order valence-electron chi connectivity index (χ0n) is 10.8. The second-order valence-electron chi connectivity index (χ2n) is 4.85. The molecule has 2 heterocycles. The number of rotatable bonds is 4. The molecular formula is C15H18N2OS. The van der Waals surface area contributed by atoms with E-state index in [1.165, 1.54) is 24.1 Å². The molecule has 0 saturated carbocycles. The molecule has 1 aliphatic rings. The van der Waals surface area contributed by atoms with Gasteiger partial charge in [0.15, 0.2) is 0 Å². The van der Waals surface area contributed by atoms with E-state index in [9.17, 15) is 0 Å². The van der Waals surface area contributed by atoms with E-state index in [1.54, 1.807) is 11.3 Å². The van der Waals surface area contributed by atoms with Crippen LogP contribution in [0.4, 0.5) is 5.69 Å². The summed E-state index contributed by atoms with van der Waals surface area (Å²) in [5.41, 5.74) is 2.37. The number of hydrogen-bond acceptors (Lipinski definition) is 4. The molecule has 1 N–H and O–H groups in total. The summed E-state index contributed by atoms with van der Waals surface area (Å²) in [5, 5.41) is 6.63. The van der Waals surface area contributed by atoms with Crippen molar-refractivity contribution in [3.8, 4) is 10.6 Å². The van der Waals surface area contributed by atoms with Crippen LogP contribution in [0.2, 0.25) is 0 Å². The van der Waals surface area contributed by atoms with E-state index >= 15 is 0 Å². The Morgan fingerprint density at radius 3 is 3.00 bits per heavy atom. The van der Waals surface area contributed by atoms with Gasteiger partial charge in [-0.1, -0.05) is 12.1 Å². The zero-order chi connectivity index (χ0) is 12.9. The smallest absolute Gasteiger partial charge is 0.123 e. The standard InChI is InChI=1S/C15H18N2OS/c1-2-13(15-16-6-9-19-15)10-14(3-1)17-11-12-4-7-18-8-5-12/h1-3,6,9-10,12,17H,4-5,7-8,11H2. The molecular weight excluding hydrogens is 256 g/mol. The Morgan fingerprint density at radius 1 is 1.32 bits per heavy atom. The second-order valence-corrected chi connectivity index (χ2v) is 5.75. The van der Waals surface area contributed by atoms with Gasteiger partial charge in [0, 0.05) is 42.6 Å². The normalized spacial score (nSPS) is 16.4. The molecule has 0 bridgehead atoms.